The van der Waals surface area contributed by atoms with Crippen molar-refractivity contribution in [3.05, 3.63) is 41.1 Å². The van der Waals surface area contributed by atoms with Gasteiger partial charge in [-0.2, -0.15) is 5.10 Å². The molecule has 1 unspecified atom stereocenters. The van der Waals surface area contributed by atoms with E-state index < -0.39 is 17.7 Å². The maximum Gasteiger partial charge on any atom is 0.320 e. The zero-order chi connectivity index (χ0) is 17.1. The van der Waals surface area contributed by atoms with Gasteiger partial charge < -0.3 is 10.1 Å². The number of H-pyrrole nitrogens is 1. The molecule has 25 heavy (non-hydrogen) atoms. The molecule has 5 rings (SSSR count). The summed E-state index contributed by atoms with van der Waals surface area (Å²) in [5, 5.41) is 12.5. The molecule has 0 spiro atoms. The van der Waals surface area contributed by atoms with E-state index in [0.717, 1.165) is 30.7 Å². The van der Waals surface area contributed by atoms with Crippen molar-refractivity contribution in [1.29, 1.82) is 0 Å². The van der Waals surface area contributed by atoms with Crippen molar-refractivity contribution in [2.45, 2.75) is 30.7 Å². The predicted molar refractivity (Wildman–Crippen MR) is 84.6 cm³/mol. The normalized spacial score (nSPS) is 26.2. The van der Waals surface area contributed by atoms with Crippen molar-refractivity contribution in [2.75, 3.05) is 11.9 Å². The van der Waals surface area contributed by atoms with E-state index in [0.29, 0.717) is 11.7 Å². The molecule has 1 aromatic carbocycles. The highest BCUT2D eigenvalue weighted by atomic mass is 19.1. The van der Waals surface area contributed by atoms with E-state index in [4.69, 9.17) is 4.74 Å². The topological polar surface area (TPSA) is 79.0 Å². The molecule has 3 N–H and O–H groups in total. The fourth-order valence-electron chi connectivity index (χ4n) is 3.67. The van der Waals surface area contributed by atoms with Crippen LogP contribution >= 0.6 is 0 Å². The van der Waals surface area contributed by atoms with Crippen LogP contribution in [0, 0.1) is 17.6 Å². The number of fused-ring (bicyclic) bond motifs is 3. The number of hydrogen-bond donors (Lipinski definition) is 3. The molecule has 6 nitrogen and oxygen atoms in total. The number of hydrogen-bond acceptors (Lipinski definition) is 3. The molecule has 0 saturated heterocycles. The summed E-state index contributed by atoms with van der Waals surface area (Å²) in [4.78, 5) is 12.2. The molecule has 0 bridgehead atoms. The molecule has 2 saturated carbocycles. The Labute approximate surface area is 141 Å². The first-order valence-electron chi connectivity index (χ1n) is 8.35. The minimum absolute atomic E-state index is 0.0349. The number of rotatable bonds is 3. The number of aromatic nitrogens is 2. The van der Waals surface area contributed by atoms with Gasteiger partial charge in [-0.1, -0.05) is 0 Å². The average molecular weight is 346 g/mol. The summed E-state index contributed by atoms with van der Waals surface area (Å²) in [5.41, 5.74) is 1.24. The molecule has 2 aromatic rings. The number of anilines is 1. The quantitative estimate of drug-likeness (QED) is 0.800. The van der Waals surface area contributed by atoms with Crippen molar-refractivity contribution in [3.8, 4) is 5.75 Å². The molecular formula is C17H16F2N4O2. The lowest BCUT2D eigenvalue weighted by Crippen LogP contribution is -2.32. The third kappa shape index (κ3) is 2.43. The van der Waals surface area contributed by atoms with Crippen LogP contribution in [-0.4, -0.2) is 28.9 Å². The molecule has 1 aliphatic heterocycles. The standard InChI is InChI=1S/C17H16F2N4O2/c18-9-3-4-10(19)16-14(9)13-8(6-25-16)15(13)21-17(24)20-12-5-11(22-23-12)7-1-2-7/h3-5,7-8,13,15H,1-2,6H2,(H3,20,21,22,23,24)/t8-,13-,15?/m0/s1. The maximum absolute atomic E-state index is 14.1. The van der Waals surface area contributed by atoms with Gasteiger partial charge in [0, 0.05) is 41.1 Å². The summed E-state index contributed by atoms with van der Waals surface area (Å²) < 4.78 is 33.2. The minimum Gasteiger partial charge on any atom is -0.490 e. The molecule has 3 aliphatic rings. The molecule has 0 radical (unpaired) electrons. The summed E-state index contributed by atoms with van der Waals surface area (Å²) in [7, 11) is 0. The largest absolute Gasteiger partial charge is 0.490 e. The van der Waals surface area contributed by atoms with E-state index in [1.807, 2.05) is 6.07 Å². The van der Waals surface area contributed by atoms with Gasteiger partial charge in [-0.15, -0.1) is 0 Å². The highest BCUT2D eigenvalue weighted by molar-refractivity contribution is 5.89. The SMILES string of the molecule is O=C(Nc1cc(C2CC2)[nH]n1)NC1[C@H]2COc3c(F)ccc(F)c3[C@@H]12. The first kappa shape index (κ1) is 14.7. The van der Waals surface area contributed by atoms with Gasteiger partial charge >= 0.3 is 6.03 Å². The fraction of sp³-hybridized carbons (Fsp3) is 0.412. The second-order valence-corrected chi connectivity index (χ2v) is 6.88. The lowest BCUT2D eigenvalue weighted by Gasteiger charge is -2.16. The van der Waals surface area contributed by atoms with Crippen molar-refractivity contribution < 1.29 is 18.3 Å². The van der Waals surface area contributed by atoms with Crippen molar-refractivity contribution >= 4 is 11.8 Å². The number of amides is 2. The predicted octanol–water partition coefficient (Wildman–Crippen LogP) is 2.86. The number of ether oxygens (including phenoxy) is 1. The monoisotopic (exact) mass is 346 g/mol. The molecule has 130 valence electrons. The minimum atomic E-state index is -0.575. The first-order chi connectivity index (χ1) is 12.1. The molecule has 2 amide bonds. The zero-order valence-corrected chi connectivity index (χ0v) is 13.2. The summed E-state index contributed by atoms with van der Waals surface area (Å²) >= 11 is 0. The van der Waals surface area contributed by atoms with Gasteiger partial charge in [-0.25, -0.2) is 13.6 Å². The van der Waals surface area contributed by atoms with Crippen LogP contribution in [0.3, 0.4) is 0 Å². The number of nitrogens with one attached hydrogen (secondary N) is 3. The average Bonchev–Trinajstić information content (AvgIpc) is 3.51. The van der Waals surface area contributed by atoms with E-state index in [1.165, 1.54) is 0 Å². The van der Waals surface area contributed by atoms with Gasteiger partial charge in [0.1, 0.15) is 5.82 Å². The summed E-state index contributed by atoms with van der Waals surface area (Å²) in [6, 6.07) is 3.29. The molecule has 3 atom stereocenters. The molecule has 2 aliphatic carbocycles. The van der Waals surface area contributed by atoms with Crippen LogP contribution < -0.4 is 15.4 Å². The Balaban J connectivity index is 1.27. The number of halogens is 2. The van der Waals surface area contributed by atoms with Crippen molar-refractivity contribution in [3.63, 3.8) is 0 Å². The van der Waals surface area contributed by atoms with Crippen LogP contribution in [0.1, 0.15) is 35.9 Å². The van der Waals surface area contributed by atoms with Gasteiger partial charge in [-0.05, 0) is 25.0 Å². The van der Waals surface area contributed by atoms with E-state index in [9.17, 15) is 13.6 Å². The molecule has 8 heteroatoms. The molecule has 2 fully saturated rings. The molecule has 1 aromatic heterocycles. The number of aromatic amines is 1. The van der Waals surface area contributed by atoms with Crippen LogP contribution in [0.25, 0.3) is 0 Å². The van der Waals surface area contributed by atoms with E-state index in [1.54, 1.807) is 0 Å². The van der Waals surface area contributed by atoms with Crippen LogP contribution in [0.2, 0.25) is 0 Å². The second kappa shape index (κ2) is 5.18. The van der Waals surface area contributed by atoms with Crippen molar-refractivity contribution in [1.82, 2.24) is 15.5 Å². The Kier molecular flexibility index (Phi) is 3.04. The van der Waals surface area contributed by atoms with Gasteiger partial charge in [0.05, 0.1) is 6.61 Å². The summed E-state index contributed by atoms with van der Waals surface area (Å²) in [6.07, 6.45) is 2.28. The second-order valence-electron chi connectivity index (χ2n) is 6.88. The van der Waals surface area contributed by atoms with E-state index in [-0.39, 0.29) is 35.8 Å². The van der Waals surface area contributed by atoms with Crippen LogP contribution in [0.4, 0.5) is 19.4 Å². The van der Waals surface area contributed by atoms with Gasteiger partial charge in [0.25, 0.3) is 0 Å². The Morgan fingerprint density at radius 2 is 2.08 bits per heavy atom. The first-order valence-corrected chi connectivity index (χ1v) is 8.35. The Morgan fingerprint density at radius 3 is 2.88 bits per heavy atom. The highest BCUT2D eigenvalue weighted by Gasteiger charge is 2.57. The lowest BCUT2D eigenvalue weighted by molar-refractivity contribution is 0.247. The number of benzene rings is 1. The van der Waals surface area contributed by atoms with Gasteiger partial charge in [-0.3, -0.25) is 10.4 Å². The Hall–Kier alpha value is -2.64. The Bertz CT molecular complexity index is 864. The van der Waals surface area contributed by atoms with E-state index in [2.05, 4.69) is 20.8 Å². The van der Waals surface area contributed by atoms with Crippen LogP contribution in [0.5, 0.6) is 5.75 Å². The zero-order valence-electron chi connectivity index (χ0n) is 13.2. The van der Waals surface area contributed by atoms with Crippen molar-refractivity contribution in [2.24, 2.45) is 5.92 Å². The summed E-state index contributed by atoms with van der Waals surface area (Å²) in [6.45, 7) is 0.261. The molecular weight excluding hydrogens is 330 g/mol. The highest BCUT2D eigenvalue weighted by Crippen LogP contribution is 2.55. The van der Waals surface area contributed by atoms with Gasteiger partial charge in [0.15, 0.2) is 17.4 Å². The number of urea groups is 1. The summed E-state index contributed by atoms with van der Waals surface area (Å²) in [5.74, 6) is -0.443. The Morgan fingerprint density at radius 1 is 1.28 bits per heavy atom. The van der Waals surface area contributed by atoms with Gasteiger partial charge in [0.2, 0.25) is 0 Å². The van der Waals surface area contributed by atoms with Crippen LogP contribution in [-0.2, 0) is 0 Å². The smallest absolute Gasteiger partial charge is 0.320 e. The number of carbonyl (C=O) groups is 1. The fourth-order valence-corrected chi connectivity index (χ4v) is 3.67. The third-order valence-electron chi connectivity index (χ3n) is 5.17. The number of carbonyl (C=O) groups excluding carboxylic acids is 1. The maximum atomic E-state index is 14.1. The lowest BCUT2D eigenvalue weighted by atomic mass is 10.0. The third-order valence-corrected chi connectivity index (χ3v) is 5.17. The number of nitrogens with zero attached hydrogens (tertiary/aromatic N) is 1. The van der Waals surface area contributed by atoms with E-state index >= 15 is 0 Å². The molecule has 2 heterocycles. The van der Waals surface area contributed by atoms with Crippen LogP contribution in [0.15, 0.2) is 18.2 Å².